The van der Waals surface area contributed by atoms with Crippen molar-refractivity contribution in [2.24, 2.45) is 0 Å². The molecule has 9 nitrogen and oxygen atoms in total. The van der Waals surface area contributed by atoms with Crippen LogP contribution in [0, 0.1) is 0 Å². The van der Waals surface area contributed by atoms with Gasteiger partial charge in [0, 0.05) is 25.7 Å². The fraction of sp³-hybridized carbons (Fsp3) is 0.300. The van der Waals surface area contributed by atoms with Crippen molar-refractivity contribution in [1.29, 1.82) is 0 Å². The summed E-state index contributed by atoms with van der Waals surface area (Å²) in [4.78, 5) is 30.2. The van der Waals surface area contributed by atoms with Crippen LogP contribution in [0.3, 0.4) is 0 Å². The molecule has 1 atom stereocenters. The third kappa shape index (κ3) is 4.36. The molecule has 1 aliphatic heterocycles. The quantitative estimate of drug-likeness (QED) is 0.525. The van der Waals surface area contributed by atoms with E-state index in [1.807, 2.05) is 30.3 Å². The Morgan fingerprint density at radius 1 is 1.03 bits per heavy atom. The summed E-state index contributed by atoms with van der Waals surface area (Å²) in [5, 5.41) is 0.102. The topological polar surface area (TPSA) is 124 Å². The van der Waals surface area contributed by atoms with Gasteiger partial charge in [-0.2, -0.15) is 0 Å². The molecule has 1 aliphatic rings. The van der Waals surface area contributed by atoms with E-state index in [1.54, 1.807) is 0 Å². The number of fused-ring (bicyclic) bond motifs is 1. The Bertz CT molecular complexity index is 1250. The highest BCUT2D eigenvalue weighted by molar-refractivity contribution is 7.89. The number of nitrogens with one attached hydrogen (secondary N) is 3. The van der Waals surface area contributed by atoms with E-state index in [0.29, 0.717) is 26.3 Å². The van der Waals surface area contributed by atoms with Gasteiger partial charge in [0.05, 0.1) is 29.0 Å². The highest BCUT2D eigenvalue weighted by Gasteiger charge is 2.25. The van der Waals surface area contributed by atoms with E-state index < -0.39 is 21.3 Å². The lowest BCUT2D eigenvalue weighted by Gasteiger charge is -2.34. The first kappa shape index (κ1) is 20.5. The summed E-state index contributed by atoms with van der Waals surface area (Å²) in [6.45, 7) is 2.79. The van der Waals surface area contributed by atoms with Crippen molar-refractivity contribution in [3.8, 4) is 0 Å². The largest absolute Gasteiger partial charge is 0.379 e. The fourth-order valence-electron chi connectivity index (χ4n) is 3.61. The van der Waals surface area contributed by atoms with Gasteiger partial charge in [-0.05, 0) is 23.8 Å². The highest BCUT2D eigenvalue weighted by atomic mass is 32.2. The van der Waals surface area contributed by atoms with Crippen molar-refractivity contribution in [2.75, 3.05) is 32.8 Å². The zero-order valence-electron chi connectivity index (χ0n) is 16.1. The summed E-state index contributed by atoms with van der Waals surface area (Å²) in [6, 6.07) is 13.6. The Hall–Kier alpha value is -2.79. The predicted octanol–water partition coefficient (Wildman–Crippen LogP) is 0.568. The van der Waals surface area contributed by atoms with Crippen molar-refractivity contribution in [3.63, 3.8) is 0 Å². The van der Waals surface area contributed by atoms with Crippen molar-refractivity contribution in [3.05, 3.63) is 74.9 Å². The second-order valence-corrected chi connectivity index (χ2v) is 8.81. The maximum absolute atomic E-state index is 12.9. The van der Waals surface area contributed by atoms with E-state index in [0.717, 1.165) is 5.56 Å². The van der Waals surface area contributed by atoms with Gasteiger partial charge in [-0.15, -0.1) is 0 Å². The first-order chi connectivity index (χ1) is 14.4. The summed E-state index contributed by atoms with van der Waals surface area (Å²) in [5.41, 5.74) is 0.00605. The zero-order chi connectivity index (χ0) is 21.1. The van der Waals surface area contributed by atoms with E-state index in [-0.39, 0.29) is 28.4 Å². The molecular formula is C20H22N4O5S. The number of aromatic nitrogens is 2. The Morgan fingerprint density at radius 3 is 2.50 bits per heavy atom. The third-order valence-electron chi connectivity index (χ3n) is 5.16. The molecule has 4 rings (SSSR count). The van der Waals surface area contributed by atoms with Gasteiger partial charge in [0.15, 0.2) is 0 Å². The first-order valence-corrected chi connectivity index (χ1v) is 11.1. The lowest BCUT2D eigenvalue weighted by atomic mass is 10.1. The van der Waals surface area contributed by atoms with Crippen LogP contribution in [0.25, 0.3) is 10.9 Å². The number of ether oxygens (including phenoxy) is 1. The molecule has 3 N–H and O–H groups in total. The minimum absolute atomic E-state index is 0.0404. The van der Waals surface area contributed by atoms with Crippen molar-refractivity contribution in [1.82, 2.24) is 19.6 Å². The van der Waals surface area contributed by atoms with Gasteiger partial charge >= 0.3 is 5.69 Å². The summed E-state index contributed by atoms with van der Waals surface area (Å²) in [5.74, 6) is 0. The van der Waals surface area contributed by atoms with Gasteiger partial charge in [0.2, 0.25) is 10.0 Å². The van der Waals surface area contributed by atoms with E-state index >= 15 is 0 Å². The Kier molecular flexibility index (Phi) is 5.82. The van der Waals surface area contributed by atoms with Gasteiger partial charge in [0.25, 0.3) is 5.56 Å². The molecule has 0 aliphatic carbocycles. The van der Waals surface area contributed by atoms with Crippen LogP contribution in [0.15, 0.2) is 63.0 Å². The minimum Gasteiger partial charge on any atom is -0.379 e. The normalized spacial score (nSPS) is 16.5. The molecule has 2 aromatic carbocycles. The number of morpholine rings is 1. The molecule has 2 heterocycles. The van der Waals surface area contributed by atoms with E-state index in [1.165, 1.54) is 18.2 Å². The van der Waals surface area contributed by atoms with Crippen LogP contribution in [-0.4, -0.2) is 56.1 Å². The number of sulfonamides is 1. The van der Waals surface area contributed by atoms with E-state index in [9.17, 15) is 18.0 Å². The number of aromatic amines is 2. The second kappa shape index (κ2) is 8.52. The number of hydrogen-bond donors (Lipinski definition) is 3. The molecule has 10 heteroatoms. The van der Waals surface area contributed by atoms with Crippen LogP contribution < -0.4 is 16.0 Å². The van der Waals surface area contributed by atoms with Crippen LogP contribution in [0.1, 0.15) is 11.6 Å². The van der Waals surface area contributed by atoms with Gasteiger partial charge < -0.3 is 9.72 Å². The molecule has 1 fully saturated rings. The van der Waals surface area contributed by atoms with Crippen LogP contribution in [0.5, 0.6) is 0 Å². The molecule has 1 saturated heterocycles. The molecule has 30 heavy (non-hydrogen) atoms. The van der Waals surface area contributed by atoms with Gasteiger partial charge in [0.1, 0.15) is 0 Å². The first-order valence-electron chi connectivity index (χ1n) is 9.57. The average molecular weight is 430 g/mol. The number of hydrogen-bond acceptors (Lipinski definition) is 6. The highest BCUT2D eigenvalue weighted by Crippen LogP contribution is 2.22. The molecule has 0 radical (unpaired) electrons. The smallest absolute Gasteiger partial charge is 0.326 e. The number of nitrogens with zero attached hydrogens (tertiary/aromatic N) is 1. The predicted molar refractivity (Wildman–Crippen MR) is 112 cm³/mol. The van der Waals surface area contributed by atoms with Crippen LogP contribution in [-0.2, 0) is 14.8 Å². The van der Waals surface area contributed by atoms with Gasteiger partial charge in [-0.1, -0.05) is 30.3 Å². The monoisotopic (exact) mass is 430 g/mol. The molecule has 3 aromatic rings. The van der Waals surface area contributed by atoms with Crippen LogP contribution in [0.4, 0.5) is 0 Å². The molecule has 0 amide bonds. The Morgan fingerprint density at radius 2 is 1.77 bits per heavy atom. The van der Waals surface area contributed by atoms with Gasteiger partial charge in [-0.3, -0.25) is 14.7 Å². The lowest BCUT2D eigenvalue weighted by Crippen LogP contribution is -2.43. The zero-order valence-corrected chi connectivity index (χ0v) is 16.9. The average Bonchev–Trinajstić information content (AvgIpc) is 2.75. The standard InChI is InChI=1S/C20H22N4O5S/c25-19-16-12-15(6-7-17(16)22-20(26)23-19)30(27,28)21-13-18(14-4-2-1-3-5-14)24-8-10-29-11-9-24/h1-7,12,18,21H,8-11,13H2,(H2,22,23,25,26). The Labute approximate surface area is 172 Å². The molecule has 1 aromatic heterocycles. The molecule has 0 saturated carbocycles. The molecule has 0 spiro atoms. The molecule has 1 unspecified atom stereocenters. The number of benzene rings is 2. The summed E-state index contributed by atoms with van der Waals surface area (Å²) >= 11 is 0. The Balaban J connectivity index is 1.60. The second-order valence-electron chi connectivity index (χ2n) is 7.04. The summed E-state index contributed by atoms with van der Waals surface area (Å²) < 4.78 is 34.0. The fourth-order valence-corrected chi connectivity index (χ4v) is 4.67. The van der Waals surface area contributed by atoms with Crippen LogP contribution in [0.2, 0.25) is 0 Å². The van der Waals surface area contributed by atoms with Gasteiger partial charge in [-0.25, -0.2) is 17.9 Å². The molecule has 0 bridgehead atoms. The maximum Gasteiger partial charge on any atom is 0.326 e. The van der Waals surface area contributed by atoms with E-state index in [2.05, 4.69) is 19.6 Å². The van der Waals surface area contributed by atoms with Crippen molar-refractivity contribution >= 4 is 20.9 Å². The van der Waals surface area contributed by atoms with Crippen LogP contribution >= 0.6 is 0 Å². The van der Waals surface area contributed by atoms with Crippen molar-refractivity contribution in [2.45, 2.75) is 10.9 Å². The van der Waals surface area contributed by atoms with E-state index in [4.69, 9.17) is 4.74 Å². The maximum atomic E-state index is 12.9. The SMILES string of the molecule is O=c1[nH]c(=O)c2cc(S(=O)(=O)NCC(c3ccccc3)N3CCOCC3)ccc2[nH]1. The number of rotatable bonds is 6. The molecule has 158 valence electrons. The summed E-state index contributed by atoms with van der Waals surface area (Å²) in [6.07, 6.45) is 0. The minimum atomic E-state index is -3.87. The van der Waals surface area contributed by atoms with Crippen molar-refractivity contribution < 1.29 is 13.2 Å². The lowest BCUT2D eigenvalue weighted by molar-refractivity contribution is 0.0172. The third-order valence-corrected chi connectivity index (χ3v) is 6.58. The summed E-state index contributed by atoms with van der Waals surface area (Å²) in [7, 11) is -3.87. The molecular weight excluding hydrogens is 408 g/mol. The number of H-pyrrole nitrogens is 2.